The molecule has 0 unspecified atom stereocenters. The molecule has 1 aromatic carbocycles. The van der Waals surface area contributed by atoms with Gasteiger partial charge < -0.3 is 4.98 Å². The van der Waals surface area contributed by atoms with Crippen molar-refractivity contribution >= 4 is 22.5 Å². The third-order valence-corrected chi connectivity index (χ3v) is 4.98. The predicted octanol–water partition coefficient (Wildman–Crippen LogP) is 3.15. The molecule has 1 aliphatic heterocycles. The zero-order valence-electron chi connectivity index (χ0n) is 14.3. The first kappa shape index (κ1) is 16.2. The Bertz CT molecular complexity index is 1030. The summed E-state index contributed by atoms with van der Waals surface area (Å²) in [5.74, 6) is 0.675. The summed E-state index contributed by atoms with van der Waals surface area (Å²) in [6.07, 6.45) is 0.776. The zero-order valence-corrected chi connectivity index (χ0v) is 15.0. The number of fused-ring (bicyclic) bond motifs is 2. The van der Waals surface area contributed by atoms with Gasteiger partial charge in [0, 0.05) is 37.0 Å². The van der Waals surface area contributed by atoms with E-state index in [-0.39, 0.29) is 5.56 Å². The Morgan fingerprint density at radius 3 is 2.92 bits per heavy atom. The van der Waals surface area contributed by atoms with E-state index >= 15 is 0 Å². The largest absolute Gasteiger partial charge is 0.310 e. The molecule has 0 fully saturated rings. The quantitative estimate of drug-likeness (QED) is 0.718. The summed E-state index contributed by atoms with van der Waals surface area (Å²) in [6, 6.07) is 8.25. The number of nitrogens with zero attached hydrogens (tertiary/aromatic N) is 3. The maximum absolute atomic E-state index is 12.2. The van der Waals surface area contributed by atoms with Crippen LogP contribution in [0.3, 0.4) is 0 Å². The van der Waals surface area contributed by atoms with Crippen molar-refractivity contribution in [2.24, 2.45) is 0 Å². The molecule has 0 spiro atoms. The fraction of sp³-hybridized carbons (Fsp3) is 0.316. The summed E-state index contributed by atoms with van der Waals surface area (Å²) >= 11 is 6.40. The van der Waals surface area contributed by atoms with Gasteiger partial charge in [-0.25, -0.2) is 9.97 Å². The fourth-order valence-corrected chi connectivity index (χ4v) is 3.61. The summed E-state index contributed by atoms with van der Waals surface area (Å²) in [7, 11) is 0. The van der Waals surface area contributed by atoms with Crippen LogP contribution in [0.15, 0.2) is 29.1 Å². The molecule has 0 aliphatic carbocycles. The van der Waals surface area contributed by atoms with Crippen molar-refractivity contribution in [1.29, 1.82) is 0 Å². The Kier molecular flexibility index (Phi) is 4.06. The second kappa shape index (κ2) is 6.24. The van der Waals surface area contributed by atoms with Crippen LogP contribution >= 0.6 is 11.6 Å². The highest BCUT2D eigenvalue weighted by Gasteiger charge is 2.21. The van der Waals surface area contributed by atoms with Crippen molar-refractivity contribution in [2.75, 3.05) is 6.54 Å². The van der Waals surface area contributed by atoms with Gasteiger partial charge in [0.2, 0.25) is 0 Å². The number of nitrogens with one attached hydrogen (secondary N) is 1. The lowest BCUT2D eigenvalue weighted by atomic mass is 10.1. The number of aromatic nitrogens is 3. The Balaban J connectivity index is 1.63. The van der Waals surface area contributed by atoms with Crippen LogP contribution in [0, 0.1) is 13.8 Å². The zero-order chi connectivity index (χ0) is 17.6. The van der Waals surface area contributed by atoms with E-state index in [2.05, 4.69) is 38.9 Å². The topological polar surface area (TPSA) is 61.9 Å². The van der Waals surface area contributed by atoms with Crippen molar-refractivity contribution in [3.8, 4) is 0 Å². The van der Waals surface area contributed by atoms with Crippen LogP contribution in [0.4, 0.5) is 0 Å². The number of halogens is 1. The molecule has 128 valence electrons. The minimum Gasteiger partial charge on any atom is -0.310 e. The van der Waals surface area contributed by atoms with Gasteiger partial charge in [0.25, 0.3) is 5.56 Å². The van der Waals surface area contributed by atoms with Gasteiger partial charge in [-0.1, -0.05) is 23.2 Å². The van der Waals surface area contributed by atoms with Gasteiger partial charge in [0.05, 0.1) is 16.8 Å². The van der Waals surface area contributed by atoms with Crippen LogP contribution < -0.4 is 5.56 Å². The summed E-state index contributed by atoms with van der Waals surface area (Å²) in [6.45, 7) is 5.99. The Morgan fingerprint density at radius 1 is 1.24 bits per heavy atom. The molecule has 5 nitrogen and oxygen atoms in total. The molecule has 4 rings (SSSR count). The number of H-pyrrole nitrogens is 1. The molecule has 0 atom stereocenters. The van der Waals surface area contributed by atoms with Crippen molar-refractivity contribution in [2.45, 2.75) is 33.4 Å². The van der Waals surface area contributed by atoms with Crippen LogP contribution in [0.2, 0.25) is 5.15 Å². The molecular weight excluding hydrogens is 336 g/mol. The van der Waals surface area contributed by atoms with E-state index < -0.39 is 0 Å². The molecule has 1 aliphatic rings. The first-order chi connectivity index (χ1) is 12.0. The van der Waals surface area contributed by atoms with Crippen molar-refractivity contribution in [1.82, 2.24) is 19.9 Å². The van der Waals surface area contributed by atoms with Gasteiger partial charge in [-0.05, 0) is 32.0 Å². The number of hydrogen-bond donors (Lipinski definition) is 1. The second-order valence-electron chi connectivity index (χ2n) is 6.67. The molecule has 0 saturated heterocycles. The van der Waals surface area contributed by atoms with Gasteiger partial charge >= 0.3 is 0 Å². The SMILES string of the molecule is Cc1ccc2nc(Cl)c(CN3CCc4nc(C)[nH]c(=O)c4C3)cc2c1. The summed E-state index contributed by atoms with van der Waals surface area (Å²) in [4.78, 5) is 26.2. The molecule has 0 saturated carbocycles. The molecule has 0 radical (unpaired) electrons. The van der Waals surface area contributed by atoms with Crippen LogP contribution in [0.5, 0.6) is 0 Å². The summed E-state index contributed by atoms with van der Waals surface area (Å²) in [5, 5.41) is 1.62. The minimum absolute atomic E-state index is 0.0365. The van der Waals surface area contributed by atoms with Crippen LogP contribution in [0.25, 0.3) is 10.9 Å². The lowest BCUT2D eigenvalue weighted by Crippen LogP contribution is -2.35. The monoisotopic (exact) mass is 354 g/mol. The molecule has 1 N–H and O–H groups in total. The standard InChI is InChI=1S/C19H19ClN4O/c1-11-3-4-16-13(7-11)8-14(18(20)23-16)9-24-6-5-17-15(10-24)19(25)22-12(2)21-17/h3-4,7-8H,5-6,9-10H2,1-2H3,(H,21,22,25). The van der Waals surface area contributed by atoms with Crippen molar-refractivity contribution < 1.29 is 0 Å². The first-order valence-electron chi connectivity index (χ1n) is 8.36. The van der Waals surface area contributed by atoms with Crippen molar-refractivity contribution in [3.63, 3.8) is 0 Å². The van der Waals surface area contributed by atoms with E-state index in [4.69, 9.17) is 11.6 Å². The fourth-order valence-electron chi connectivity index (χ4n) is 3.41. The third kappa shape index (κ3) is 3.17. The number of pyridine rings is 1. The molecule has 25 heavy (non-hydrogen) atoms. The molecule has 0 amide bonds. The van der Waals surface area contributed by atoms with Gasteiger partial charge in [-0.15, -0.1) is 0 Å². The first-order valence-corrected chi connectivity index (χ1v) is 8.74. The molecule has 3 heterocycles. The van der Waals surface area contributed by atoms with Gasteiger partial charge in [0.15, 0.2) is 0 Å². The van der Waals surface area contributed by atoms with E-state index in [0.717, 1.165) is 40.7 Å². The Hall–Kier alpha value is -2.24. The van der Waals surface area contributed by atoms with E-state index in [9.17, 15) is 4.79 Å². The van der Waals surface area contributed by atoms with E-state index in [1.807, 2.05) is 19.1 Å². The van der Waals surface area contributed by atoms with Crippen LogP contribution in [-0.4, -0.2) is 26.4 Å². The van der Waals surface area contributed by atoms with E-state index in [0.29, 0.717) is 24.1 Å². The van der Waals surface area contributed by atoms with E-state index in [1.165, 1.54) is 5.56 Å². The van der Waals surface area contributed by atoms with Gasteiger partial charge in [-0.3, -0.25) is 9.69 Å². The lowest BCUT2D eigenvalue weighted by molar-refractivity contribution is 0.241. The van der Waals surface area contributed by atoms with Gasteiger partial charge in [-0.2, -0.15) is 0 Å². The molecular formula is C19H19ClN4O. The predicted molar refractivity (Wildman–Crippen MR) is 98.9 cm³/mol. The number of rotatable bonds is 2. The highest BCUT2D eigenvalue weighted by Crippen LogP contribution is 2.24. The average molecular weight is 355 g/mol. The second-order valence-corrected chi connectivity index (χ2v) is 7.03. The highest BCUT2D eigenvalue weighted by atomic mass is 35.5. The molecule has 0 bridgehead atoms. The normalized spacial score (nSPS) is 14.7. The van der Waals surface area contributed by atoms with E-state index in [1.54, 1.807) is 0 Å². The maximum Gasteiger partial charge on any atom is 0.255 e. The number of benzene rings is 1. The summed E-state index contributed by atoms with van der Waals surface area (Å²) < 4.78 is 0. The Morgan fingerprint density at radius 2 is 2.08 bits per heavy atom. The number of hydrogen-bond acceptors (Lipinski definition) is 4. The third-order valence-electron chi connectivity index (χ3n) is 4.66. The summed E-state index contributed by atoms with van der Waals surface area (Å²) in [5.41, 5.74) is 4.72. The number of aryl methyl sites for hydroxylation is 2. The smallest absolute Gasteiger partial charge is 0.255 e. The van der Waals surface area contributed by atoms with Gasteiger partial charge in [0.1, 0.15) is 11.0 Å². The molecule has 2 aromatic heterocycles. The number of aromatic amines is 1. The van der Waals surface area contributed by atoms with Crippen LogP contribution in [-0.2, 0) is 19.5 Å². The molecule has 6 heteroatoms. The minimum atomic E-state index is -0.0365. The Labute approximate surface area is 150 Å². The average Bonchev–Trinajstić information content (AvgIpc) is 2.56. The van der Waals surface area contributed by atoms with Crippen LogP contribution in [0.1, 0.15) is 28.2 Å². The molecule has 3 aromatic rings. The maximum atomic E-state index is 12.2. The highest BCUT2D eigenvalue weighted by molar-refractivity contribution is 6.30. The van der Waals surface area contributed by atoms with Crippen molar-refractivity contribution in [3.05, 3.63) is 68.0 Å². The lowest BCUT2D eigenvalue weighted by Gasteiger charge is -2.27.